The molecule has 0 saturated carbocycles. The quantitative estimate of drug-likeness (QED) is 0.639. The Bertz CT molecular complexity index is 400. The summed E-state index contributed by atoms with van der Waals surface area (Å²) in [6.07, 6.45) is 0. The SMILES string of the molecule is CC1=C(c2ccccc2)N=NC1(C)C. The fourth-order valence-electron chi connectivity index (χ4n) is 1.49. The minimum absolute atomic E-state index is 0.134. The fraction of sp³-hybridized carbons (Fsp3) is 0.333. The highest BCUT2D eigenvalue weighted by Crippen LogP contribution is 2.36. The number of benzene rings is 1. The smallest absolute Gasteiger partial charge is 0.0994 e. The molecule has 0 aromatic heterocycles. The normalized spacial score (nSPS) is 19.1. The van der Waals surface area contributed by atoms with Crippen LogP contribution >= 0.6 is 0 Å². The van der Waals surface area contributed by atoms with Crippen LogP contribution in [-0.2, 0) is 0 Å². The van der Waals surface area contributed by atoms with Gasteiger partial charge in [0.2, 0.25) is 0 Å². The Kier molecular flexibility index (Phi) is 1.99. The zero-order valence-electron chi connectivity index (χ0n) is 8.78. The number of azo groups is 1. The van der Waals surface area contributed by atoms with Gasteiger partial charge in [-0.1, -0.05) is 30.3 Å². The summed E-state index contributed by atoms with van der Waals surface area (Å²) in [7, 11) is 0. The average Bonchev–Trinajstić information content (AvgIpc) is 2.44. The lowest BCUT2D eigenvalue weighted by Crippen LogP contribution is -2.14. The largest absolute Gasteiger partial charge is 0.178 e. The van der Waals surface area contributed by atoms with Crippen molar-refractivity contribution in [2.45, 2.75) is 26.3 Å². The lowest BCUT2D eigenvalue weighted by Gasteiger charge is -2.13. The highest BCUT2D eigenvalue weighted by atomic mass is 15.2. The molecule has 0 fully saturated rings. The van der Waals surface area contributed by atoms with Crippen molar-refractivity contribution in [3.05, 3.63) is 41.5 Å². The molecule has 72 valence electrons. The van der Waals surface area contributed by atoms with Gasteiger partial charge in [-0.2, -0.15) is 10.2 Å². The van der Waals surface area contributed by atoms with E-state index in [9.17, 15) is 0 Å². The van der Waals surface area contributed by atoms with Gasteiger partial charge in [-0.15, -0.1) is 0 Å². The van der Waals surface area contributed by atoms with Gasteiger partial charge in [-0.3, -0.25) is 0 Å². The van der Waals surface area contributed by atoms with Gasteiger partial charge in [-0.25, -0.2) is 0 Å². The first-order chi connectivity index (χ1) is 6.61. The van der Waals surface area contributed by atoms with Gasteiger partial charge < -0.3 is 0 Å². The molecule has 0 unspecified atom stereocenters. The minimum atomic E-state index is -0.134. The molecule has 1 aliphatic heterocycles. The fourth-order valence-corrected chi connectivity index (χ4v) is 1.49. The topological polar surface area (TPSA) is 24.7 Å². The Hall–Kier alpha value is -1.44. The van der Waals surface area contributed by atoms with Crippen molar-refractivity contribution in [3.63, 3.8) is 0 Å². The van der Waals surface area contributed by atoms with E-state index in [1.54, 1.807) is 0 Å². The molecule has 1 aromatic carbocycles. The van der Waals surface area contributed by atoms with Crippen molar-refractivity contribution in [3.8, 4) is 0 Å². The molecular weight excluding hydrogens is 172 g/mol. The van der Waals surface area contributed by atoms with Crippen LogP contribution in [0.25, 0.3) is 5.70 Å². The van der Waals surface area contributed by atoms with Crippen molar-refractivity contribution < 1.29 is 0 Å². The van der Waals surface area contributed by atoms with E-state index < -0.39 is 0 Å². The number of nitrogens with zero attached hydrogens (tertiary/aromatic N) is 2. The zero-order valence-corrected chi connectivity index (χ0v) is 8.78. The van der Waals surface area contributed by atoms with Crippen LogP contribution in [0, 0.1) is 0 Å². The highest BCUT2D eigenvalue weighted by Gasteiger charge is 2.28. The molecule has 1 heterocycles. The maximum atomic E-state index is 4.26. The summed E-state index contributed by atoms with van der Waals surface area (Å²) in [5, 5.41) is 8.50. The lowest BCUT2D eigenvalue weighted by atomic mass is 9.94. The van der Waals surface area contributed by atoms with E-state index in [4.69, 9.17) is 0 Å². The maximum absolute atomic E-state index is 4.26. The predicted octanol–water partition coefficient (Wildman–Crippen LogP) is 3.66. The van der Waals surface area contributed by atoms with Crippen LogP contribution in [0.15, 0.2) is 46.1 Å². The lowest BCUT2D eigenvalue weighted by molar-refractivity contribution is 0.609. The van der Waals surface area contributed by atoms with Gasteiger partial charge in [0.15, 0.2) is 0 Å². The summed E-state index contributed by atoms with van der Waals surface area (Å²) in [4.78, 5) is 0. The molecule has 0 N–H and O–H groups in total. The second-order valence-electron chi connectivity index (χ2n) is 4.10. The van der Waals surface area contributed by atoms with Crippen LogP contribution in [-0.4, -0.2) is 5.54 Å². The van der Waals surface area contributed by atoms with Gasteiger partial charge in [0.1, 0.15) is 0 Å². The summed E-state index contributed by atoms with van der Waals surface area (Å²) in [5.74, 6) is 0. The Balaban J connectivity index is 2.48. The third-order valence-corrected chi connectivity index (χ3v) is 2.72. The molecule has 0 saturated heterocycles. The van der Waals surface area contributed by atoms with Gasteiger partial charge in [0.25, 0.3) is 0 Å². The van der Waals surface area contributed by atoms with E-state index in [0.29, 0.717) is 0 Å². The van der Waals surface area contributed by atoms with Gasteiger partial charge in [0.05, 0.1) is 11.2 Å². The summed E-state index contributed by atoms with van der Waals surface area (Å²) in [6.45, 7) is 6.27. The molecule has 0 amide bonds. The van der Waals surface area contributed by atoms with E-state index >= 15 is 0 Å². The molecule has 0 spiro atoms. The van der Waals surface area contributed by atoms with E-state index in [0.717, 1.165) is 11.3 Å². The Morgan fingerprint density at radius 3 is 2.21 bits per heavy atom. The van der Waals surface area contributed by atoms with Gasteiger partial charge in [0, 0.05) is 5.56 Å². The van der Waals surface area contributed by atoms with E-state index in [1.165, 1.54) is 5.57 Å². The summed E-state index contributed by atoms with van der Waals surface area (Å²) in [5.41, 5.74) is 3.28. The molecule has 2 heteroatoms. The number of rotatable bonds is 1. The van der Waals surface area contributed by atoms with Crippen LogP contribution < -0.4 is 0 Å². The number of hydrogen-bond donors (Lipinski definition) is 0. The first-order valence-electron chi connectivity index (χ1n) is 4.81. The van der Waals surface area contributed by atoms with Crippen molar-refractivity contribution in [2.24, 2.45) is 10.2 Å². The Morgan fingerprint density at radius 2 is 1.71 bits per heavy atom. The molecule has 1 aliphatic rings. The predicted molar refractivity (Wildman–Crippen MR) is 58.0 cm³/mol. The molecule has 0 bridgehead atoms. The molecule has 1 aromatic rings. The second kappa shape index (κ2) is 3.05. The van der Waals surface area contributed by atoms with Crippen LogP contribution in [0.1, 0.15) is 26.3 Å². The van der Waals surface area contributed by atoms with Crippen molar-refractivity contribution >= 4 is 5.70 Å². The highest BCUT2D eigenvalue weighted by molar-refractivity contribution is 5.70. The molecule has 0 atom stereocenters. The monoisotopic (exact) mass is 186 g/mol. The Morgan fingerprint density at radius 1 is 1.07 bits per heavy atom. The van der Waals surface area contributed by atoms with E-state index in [-0.39, 0.29) is 5.54 Å². The molecule has 0 radical (unpaired) electrons. The summed E-state index contributed by atoms with van der Waals surface area (Å²) >= 11 is 0. The molecule has 2 rings (SSSR count). The average molecular weight is 186 g/mol. The minimum Gasteiger partial charge on any atom is -0.178 e. The third kappa shape index (κ3) is 1.37. The standard InChI is InChI=1S/C12H14N2/c1-9-11(13-14-12(9,2)3)10-7-5-4-6-8-10/h4-8H,1-3H3. The van der Waals surface area contributed by atoms with Crippen LogP contribution in [0.5, 0.6) is 0 Å². The van der Waals surface area contributed by atoms with Crippen molar-refractivity contribution in [1.29, 1.82) is 0 Å². The van der Waals surface area contributed by atoms with Crippen LogP contribution in [0.3, 0.4) is 0 Å². The third-order valence-electron chi connectivity index (χ3n) is 2.72. The van der Waals surface area contributed by atoms with E-state index in [1.807, 2.05) is 18.2 Å². The van der Waals surface area contributed by atoms with Crippen LogP contribution in [0.4, 0.5) is 0 Å². The Labute approximate surface area is 84.4 Å². The molecule has 0 aliphatic carbocycles. The first kappa shape index (κ1) is 9.13. The van der Waals surface area contributed by atoms with Gasteiger partial charge >= 0.3 is 0 Å². The number of hydrogen-bond acceptors (Lipinski definition) is 2. The summed E-state index contributed by atoms with van der Waals surface area (Å²) < 4.78 is 0. The van der Waals surface area contributed by atoms with Crippen molar-refractivity contribution in [1.82, 2.24) is 0 Å². The van der Waals surface area contributed by atoms with Gasteiger partial charge in [-0.05, 0) is 26.3 Å². The van der Waals surface area contributed by atoms with Crippen molar-refractivity contribution in [2.75, 3.05) is 0 Å². The summed E-state index contributed by atoms with van der Waals surface area (Å²) in [6, 6.07) is 10.2. The maximum Gasteiger partial charge on any atom is 0.0994 e. The molecule has 2 nitrogen and oxygen atoms in total. The molecular formula is C12H14N2. The van der Waals surface area contributed by atoms with Crippen LogP contribution in [0.2, 0.25) is 0 Å². The molecule has 14 heavy (non-hydrogen) atoms. The van der Waals surface area contributed by atoms with E-state index in [2.05, 4.69) is 43.1 Å². The second-order valence-corrected chi connectivity index (χ2v) is 4.10. The zero-order chi connectivity index (χ0) is 10.2. The first-order valence-corrected chi connectivity index (χ1v) is 4.81.